The molecule has 128 valence electrons. The molecule has 0 unspecified atom stereocenters. The molecule has 0 radical (unpaired) electrons. The third-order valence-corrected chi connectivity index (χ3v) is 4.49. The standard InChI is InChI=1S/C19H31N3O/c1-4-16-9-5-6-11-18(16)21-19(23)20-13-17-10-7-8-12-22(17)14-15(2)3/h5-6,9,11,15,17H,4,7-8,10,12-14H2,1-3H3,(H2,20,21,23)/t17-/m1/s1. The number of nitrogens with zero attached hydrogens (tertiary/aromatic N) is 1. The molecule has 2 rings (SSSR count). The summed E-state index contributed by atoms with van der Waals surface area (Å²) in [5.74, 6) is 0.667. The van der Waals surface area contributed by atoms with Gasteiger partial charge in [0.05, 0.1) is 0 Å². The number of anilines is 1. The number of hydrogen-bond donors (Lipinski definition) is 2. The van der Waals surface area contributed by atoms with Crippen LogP contribution in [-0.4, -0.2) is 36.6 Å². The van der Waals surface area contributed by atoms with Crippen molar-refractivity contribution in [2.75, 3.05) is 25.0 Å². The Morgan fingerprint density at radius 2 is 2.09 bits per heavy atom. The number of urea groups is 1. The van der Waals surface area contributed by atoms with Gasteiger partial charge in [-0.25, -0.2) is 4.79 Å². The predicted molar refractivity (Wildman–Crippen MR) is 96.9 cm³/mol. The van der Waals surface area contributed by atoms with Crippen LogP contribution in [0.2, 0.25) is 0 Å². The average molecular weight is 317 g/mol. The first kappa shape index (κ1) is 17.8. The highest BCUT2D eigenvalue weighted by Gasteiger charge is 2.23. The molecule has 1 saturated heterocycles. The monoisotopic (exact) mass is 317 g/mol. The van der Waals surface area contributed by atoms with Gasteiger partial charge in [-0.3, -0.25) is 4.90 Å². The number of likely N-dealkylation sites (tertiary alicyclic amines) is 1. The number of amides is 2. The lowest BCUT2D eigenvalue weighted by molar-refractivity contribution is 0.131. The van der Waals surface area contributed by atoms with Crippen LogP contribution >= 0.6 is 0 Å². The Morgan fingerprint density at radius 3 is 2.83 bits per heavy atom. The van der Waals surface area contributed by atoms with Gasteiger partial charge in [0, 0.05) is 24.8 Å². The van der Waals surface area contributed by atoms with Gasteiger partial charge in [-0.15, -0.1) is 0 Å². The van der Waals surface area contributed by atoms with Gasteiger partial charge in [-0.1, -0.05) is 45.4 Å². The molecule has 1 aromatic carbocycles. The number of nitrogens with one attached hydrogen (secondary N) is 2. The highest BCUT2D eigenvalue weighted by molar-refractivity contribution is 5.90. The SMILES string of the molecule is CCc1ccccc1NC(=O)NC[C@H]1CCCCN1CC(C)C. The molecule has 1 atom stereocenters. The van der Waals surface area contributed by atoms with Gasteiger partial charge in [-0.05, 0) is 43.4 Å². The molecular weight excluding hydrogens is 286 g/mol. The van der Waals surface area contributed by atoms with E-state index in [9.17, 15) is 4.79 Å². The van der Waals surface area contributed by atoms with Crippen molar-refractivity contribution in [1.29, 1.82) is 0 Å². The zero-order chi connectivity index (χ0) is 16.7. The lowest BCUT2D eigenvalue weighted by atomic mass is 10.0. The van der Waals surface area contributed by atoms with Gasteiger partial charge in [0.2, 0.25) is 0 Å². The van der Waals surface area contributed by atoms with Crippen molar-refractivity contribution in [2.24, 2.45) is 5.92 Å². The number of carbonyl (C=O) groups is 1. The van der Waals surface area contributed by atoms with Crippen LogP contribution in [0.3, 0.4) is 0 Å². The molecule has 1 aliphatic rings. The third-order valence-electron chi connectivity index (χ3n) is 4.49. The van der Waals surface area contributed by atoms with Gasteiger partial charge in [0.1, 0.15) is 0 Å². The van der Waals surface area contributed by atoms with E-state index in [0.29, 0.717) is 12.0 Å². The van der Waals surface area contributed by atoms with E-state index < -0.39 is 0 Å². The molecular formula is C19H31N3O. The summed E-state index contributed by atoms with van der Waals surface area (Å²) in [6.07, 6.45) is 4.64. The molecule has 4 nitrogen and oxygen atoms in total. The summed E-state index contributed by atoms with van der Waals surface area (Å²) in [5, 5.41) is 6.05. The van der Waals surface area contributed by atoms with E-state index in [0.717, 1.165) is 31.7 Å². The first-order valence-electron chi connectivity index (χ1n) is 8.97. The van der Waals surface area contributed by atoms with Crippen molar-refractivity contribution in [1.82, 2.24) is 10.2 Å². The maximum Gasteiger partial charge on any atom is 0.319 e. The zero-order valence-electron chi connectivity index (χ0n) is 14.8. The molecule has 0 saturated carbocycles. The van der Waals surface area contributed by atoms with Crippen LogP contribution in [0, 0.1) is 5.92 Å². The van der Waals surface area contributed by atoms with Crippen molar-refractivity contribution in [2.45, 2.75) is 52.5 Å². The Bertz CT molecular complexity index is 501. The maximum atomic E-state index is 12.2. The molecule has 0 spiro atoms. The number of piperidine rings is 1. The van der Waals surface area contributed by atoms with Gasteiger partial charge in [0.15, 0.2) is 0 Å². The van der Waals surface area contributed by atoms with E-state index in [4.69, 9.17) is 0 Å². The summed E-state index contributed by atoms with van der Waals surface area (Å²) in [6.45, 7) is 9.62. The average Bonchev–Trinajstić information content (AvgIpc) is 2.54. The molecule has 1 fully saturated rings. The van der Waals surface area contributed by atoms with E-state index in [-0.39, 0.29) is 6.03 Å². The van der Waals surface area contributed by atoms with Crippen LogP contribution < -0.4 is 10.6 Å². The second-order valence-corrected chi connectivity index (χ2v) is 6.88. The van der Waals surface area contributed by atoms with Crippen molar-refractivity contribution in [3.05, 3.63) is 29.8 Å². The number of aryl methyl sites for hydroxylation is 1. The fourth-order valence-corrected chi connectivity index (χ4v) is 3.33. The number of hydrogen-bond acceptors (Lipinski definition) is 2. The van der Waals surface area contributed by atoms with Crippen LogP contribution in [0.5, 0.6) is 0 Å². The number of benzene rings is 1. The predicted octanol–water partition coefficient (Wildman–Crippen LogP) is 3.88. The molecule has 1 heterocycles. The summed E-state index contributed by atoms with van der Waals surface area (Å²) < 4.78 is 0. The highest BCUT2D eigenvalue weighted by Crippen LogP contribution is 2.18. The summed E-state index contributed by atoms with van der Waals surface area (Å²) in [4.78, 5) is 14.7. The van der Waals surface area contributed by atoms with Crippen molar-refractivity contribution in [3.8, 4) is 0 Å². The maximum absolute atomic E-state index is 12.2. The molecule has 1 aliphatic heterocycles. The molecule has 4 heteroatoms. The zero-order valence-corrected chi connectivity index (χ0v) is 14.8. The largest absolute Gasteiger partial charge is 0.336 e. The van der Waals surface area contributed by atoms with Crippen LogP contribution in [0.4, 0.5) is 10.5 Å². The Morgan fingerprint density at radius 1 is 1.30 bits per heavy atom. The van der Waals surface area contributed by atoms with Gasteiger partial charge in [-0.2, -0.15) is 0 Å². The fraction of sp³-hybridized carbons (Fsp3) is 0.632. The first-order valence-corrected chi connectivity index (χ1v) is 8.97. The quantitative estimate of drug-likeness (QED) is 0.836. The third kappa shape index (κ3) is 5.54. The van der Waals surface area contributed by atoms with Gasteiger partial charge < -0.3 is 10.6 Å². The van der Waals surface area contributed by atoms with Crippen LogP contribution in [-0.2, 0) is 6.42 Å². The smallest absolute Gasteiger partial charge is 0.319 e. The second-order valence-electron chi connectivity index (χ2n) is 6.88. The molecule has 23 heavy (non-hydrogen) atoms. The molecule has 2 N–H and O–H groups in total. The van der Waals surface area contributed by atoms with Crippen molar-refractivity contribution in [3.63, 3.8) is 0 Å². The number of rotatable bonds is 6. The number of para-hydroxylation sites is 1. The second kappa shape index (κ2) is 8.92. The summed E-state index contributed by atoms with van der Waals surface area (Å²) in [5.41, 5.74) is 2.08. The Balaban J connectivity index is 1.85. The lowest BCUT2D eigenvalue weighted by Gasteiger charge is -2.36. The van der Waals surface area contributed by atoms with E-state index >= 15 is 0 Å². The van der Waals surface area contributed by atoms with Crippen molar-refractivity contribution >= 4 is 11.7 Å². The minimum absolute atomic E-state index is 0.0963. The Kier molecular flexibility index (Phi) is 6.90. The van der Waals surface area contributed by atoms with Crippen LogP contribution in [0.25, 0.3) is 0 Å². The summed E-state index contributed by atoms with van der Waals surface area (Å²) in [6, 6.07) is 8.36. The van der Waals surface area contributed by atoms with E-state index in [1.807, 2.05) is 18.2 Å². The lowest BCUT2D eigenvalue weighted by Crippen LogP contribution is -2.48. The van der Waals surface area contributed by atoms with Gasteiger partial charge >= 0.3 is 6.03 Å². The van der Waals surface area contributed by atoms with E-state index in [2.05, 4.69) is 42.4 Å². The number of carbonyl (C=O) groups excluding carboxylic acids is 1. The first-order chi connectivity index (χ1) is 11.1. The van der Waals surface area contributed by atoms with E-state index in [1.54, 1.807) is 0 Å². The molecule has 1 aromatic rings. The topological polar surface area (TPSA) is 44.4 Å². The minimum atomic E-state index is -0.0963. The molecule has 2 amide bonds. The van der Waals surface area contributed by atoms with Crippen LogP contribution in [0.15, 0.2) is 24.3 Å². The van der Waals surface area contributed by atoms with E-state index in [1.165, 1.54) is 24.8 Å². The minimum Gasteiger partial charge on any atom is -0.336 e. The van der Waals surface area contributed by atoms with Crippen molar-refractivity contribution < 1.29 is 4.79 Å². The van der Waals surface area contributed by atoms with Gasteiger partial charge in [0.25, 0.3) is 0 Å². The molecule has 0 aromatic heterocycles. The fourth-order valence-electron chi connectivity index (χ4n) is 3.33. The summed E-state index contributed by atoms with van der Waals surface area (Å²) >= 11 is 0. The Labute approximate surface area is 140 Å². The Hall–Kier alpha value is -1.55. The highest BCUT2D eigenvalue weighted by atomic mass is 16.2. The van der Waals surface area contributed by atoms with Crippen LogP contribution in [0.1, 0.15) is 45.6 Å². The summed E-state index contributed by atoms with van der Waals surface area (Å²) in [7, 11) is 0. The normalized spacial score (nSPS) is 18.9. The molecule has 0 aliphatic carbocycles. The molecule has 0 bridgehead atoms.